The molecule has 0 spiro atoms. The molecule has 0 aliphatic rings. The molecule has 0 bridgehead atoms. The number of rotatable bonds is 2. The van der Waals surface area contributed by atoms with Crippen LogP contribution in [0.15, 0.2) is 28.1 Å². The van der Waals surface area contributed by atoms with Gasteiger partial charge in [0.1, 0.15) is 0 Å². The number of carbonyl (C=O) groups excluding carboxylic acids is 1. The van der Waals surface area contributed by atoms with Crippen molar-refractivity contribution in [2.24, 2.45) is 0 Å². The monoisotopic (exact) mass is 343 g/mol. The molecule has 2 aromatic rings. The fraction of sp³-hybridized carbons (Fsp3) is 0.154. The van der Waals surface area contributed by atoms with Crippen LogP contribution in [0.1, 0.15) is 20.8 Å². The zero-order valence-corrected chi connectivity index (χ0v) is 13.0. The van der Waals surface area contributed by atoms with E-state index in [9.17, 15) is 4.79 Å². The number of hydrogen-bond donors (Lipinski definition) is 1. The number of aryl methyl sites for hydroxylation is 2. The highest BCUT2D eigenvalue weighted by atomic mass is 79.9. The molecule has 1 aromatic carbocycles. The maximum Gasteiger partial charge on any atom is 0.265 e. The Morgan fingerprint density at radius 1 is 1.33 bits per heavy atom. The molecule has 0 aliphatic carbocycles. The second-order valence-corrected chi connectivity index (χ2v) is 6.78. The van der Waals surface area contributed by atoms with Gasteiger partial charge in [0.15, 0.2) is 0 Å². The summed E-state index contributed by atoms with van der Waals surface area (Å²) in [6, 6.07) is 7.40. The van der Waals surface area contributed by atoms with Crippen molar-refractivity contribution in [1.82, 2.24) is 0 Å². The lowest BCUT2D eigenvalue weighted by Gasteiger charge is -2.06. The summed E-state index contributed by atoms with van der Waals surface area (Å²) in [6.45, 7) is 3.91. The van der Waals surface area contributed by atoms with Crippen molar-refractivity contribution >= 4 is 50.5 Å². The molecule has 94 valence electrons. The van der Waals surface area contributed by atoms with Gasteiger partial charge in [-0.15, -0.1) is 11.3 Å². The van der Waals surface area contributed by atoms with Crippen LogP contribution in [0.3, 0.4) is 0 Å². The standard InChI is InChI=1S/C13H11BrClNOS/c1-7-3-4-9(15)10(5-7)16-13(17)11-6-8(2)12(14)18-11/h3-6H,1-2H3,(H,16,17). The van der Waals surface area contributed by atoms with E-state index in [-0.39, 0.29) is 5.91 Å². The molecule has 1 heterocycles. The maximum atomic E-state index is 12.1. The van der Waals surface area contributed by atoms with Crippen LogP contribution in [0, 0.1) is 13.8 Å². The second kappa shape index (κ2) is 5.43. The van der Waals surface area contributed by atoms with Crippen LogP contribution in [0.5, 0.6) is 0 Å². The van der Waals surface area contributed by atoms with E-state index in [1.54, 1.807) is 6.07 Å². The van der Waals surface area contributed by atoms with Crippen molar-refractivity contribution in [2.45, 2.75) is 13.8 Å². The second-order valence-electron chi connectivity index (χ2n) is 4.00. The van der Waals surface area contributed by atoms with Crippen LogP contribution >= 0.6 is 38.9 Å². The summed E-state index contributed by atoms with van der Waals surface area (Å²) in [4.78, 5) is 12.7. The van der Waals surface area contributed by atoms with Crippen LogP contribution in [0.4, 0.5) is 5.69 Å². The van der Waals surface area contributed by atoms with E-state index in [0.717, 1.165) is 14.9 Å². The van der Waals surface area contributed by atoms with Crippen LogP contribution in [-0.2, 0) is 0 Å². The van der Waals surface area contributed by atoms with E-state index in [1.165, 1.54) is 11.3 Å². The predicted octanol–water partition coefficient (Wildman–Crippen LogP) is 5.03. The average molecular weight is 345 g/mol. The molecule has 18 heavy (non-hydrogen) atoms. The van der Waals surface area contributed by atoms with Gasteiger partial charge in [0.2, 0.25) is 0 Å². The van der Waals surface area contributed by atoms with Crippen LogP contribution in [-0.4, -0.2) is 5.91 Å². The Morgan fingerprint density at radius 2 is 2.06 bits per heavy atom. The quantitative estimate of drug-likeness (QED) is 0.813. The summed E-state index contributed by atoms with van der Waals surface area (Å²) in [6.07, 6.45) is 0. The molecular weight excluding hydrogens is 334 g/mol. The molecule has 0 aliphatic heterocycles. The molecule has 5 heteroatoms. The van der Waals surface area contributed by atoms with Crippen molar-refractivity contribution in [2.75, 3.05) is 5.32 Å². The summed E-state index contributed by atoms with van der Waals surface area (Å²) in [5.41, 5.74) is 2.75. The molecule has 2 rings (SSSR count). The van der Waals surface area contributed by atoms with Gasteiger partial charge in [0.05, 0.1) is 19.4 Å². The summed E-state index contributed by atoms with van der Waals surface area (Å²) in [5.74, 6) is -0.138. The summed E-state index contributed by atoms with van der Waals surface area (Å²) in [7, 11) is 0. The minimum Gasteiger partial charge on any atom is -0.320 e. The number of anilines is 1. The van der Waals surface area contributed by atoms with Gasteiger partial charge in [-0.25, -0.2) is 0 Å². The van der Waals surface area contributed by atoms with Crippen LogP contribution in [0.25, 0.3) is 0 Å². The lowest BCUT2D eigenvalue weighted by molar-refractivity contribution is 0.103. The van der Waals surface area contributed by atoms with Crippen molar-refractivity contribution < 1.29 is 4.79 Å². The molecule has 1 N–H and O–H groups in total. The third-order valence-corrected chi connectivity index (χ3v) is 4.92. The lowest BCUT2D eigenvalue weighted by atomic mass is 10.2. The van der Waals surface area contributed by atoms with E-state index < -0.39 is 0 Å². The Balaban J connectivity index is 2.23. The largest absolute Gasteiger partial charge is 0.320 e. The van der Waals surface area contributed by atoms with Gasteiger partial charge in [-0.2, -0.15) is 0 Å². The van der Waals surface area contributed by atoms with E-state index in [0.29, 0.717) is 15.6 Å². The first-order chi connectivity index (χ1) is 8.47. The third-order valence-electron chi connectivity index (χ3n) is 2.45. The minimum absolute atomic E-state index is 0.138. The number of nitrogens with one attached hydrogen (secondary N) is 1. The summed E-state index contributed by atoms with van der Waals surface area (Å²) in [5, 5.41) is 3.37. The Kier molecular flexibility index (Phi) is 4.10. The molecule has 0 unspecified atom stereocenters. The molecule has 1 aromatic heterocycles. The normalized spacial score (nSPS) is 10.4. The maximum absolute atomic E-state index is 12.1. The number of halogens is 2. The Morgan fingerprint density at radius 3 is 2.67 bits per heavy atom. The predicted molar refractivity (Wildman–Crippen MR) is 80.9 cm³/mol. The topological polar surface area (TPSA) is 29.1 Å². The van der Waals surface area contributed by atoms with E-state index in [4.69, 9.17) is 11.6 Å². The number of thiophene rings is 1. The molecule has 0 fully saturated rings. The third kappa shape index (κ3) is 2.94. The van der Waals surface area contributed by atoms with Crippen molar-refractivity contribution in [3.05, 3.63) is 49.1 Å². The summed E-state index contributed by atoms with van der Waals surface area (Å²) < 4.78 is 0.975. The first-order valence-corrected chi connectivity index (χ1v) is 7.29. The first-order valence-electron chi connectivity index (χ1n) is 5.31. The van der Waals surface area contributed by atoms with Crippen LogP contribution < -0.4 is 5.32 Å². The molecule has 0 saturated carbocycles. The Hall–Kier alpha value is -0.840. The SMILES string of the molecule is Cc1ccc(Cl)c(NC(=O)c2cc(C)c(Br)s2)c1. The molecule has 2 nitrogen and oxygen atoms in total. The highest BCUT2D eigenvalue weighted by Gasteiger charge is 2.12. The number of benzene rings is 1. The molecule has 0 radical (unpaired) electrons. The molecule has 0 saturated heterocycles. The van der Waals surface area contributed by atoms with Gasteiger partial charge < -0.3 is 5.32 Å². The fourth-order valence-electron chi connectivity index (χ4n) is 1.49. The van der Waals surface area contributed by atoms with E-state index >= 15 is 0 Å². The average Bonchev–Trinajstić information content (AvgIpc) is 2.64. The van der Waals surface area contributed by atoms with E-state index in [2.05, 4.69) is 21.2 Å². The number of hydrogen-bond acceptors (Lipinski definition) is 2. The number of amides is 1. The van der Waals surface area contributed by atoms with Gasteiger partial charge >= 0.3 is 0 Å². The lowest BCUT2D eigenvalue weighted by Crippen LogP contribution is -2.10. The fourth-order valence-corrected chi connectivity index (χ4v) is 3.09. The highest BCUT2D eigenvalue weighted by molar-refractivity contribution is 9.11. The van der Waals surface area contributed by atoms with Gasteiger partial charge in [-0.3, -0.25) is 4.79 Å². The zero-order chi connectivity index (χ0) is 13.3. The smallest absolute Gasteiger partial charge is 0.265 e. The molecular formula is C13H11BrClNOS. The van der Waals surface area contributed by atoms with Crippen molar-refractivity contribution in [3.8, 4) is 0 Å². The van der Waals surface area contributed by atoms with E-state index in [1.807, 2.05) is 32.0 Å². The molecule has 0 atom stereocenters. The van der Waals surface area contributed by atoms with Gasteiger partial charge in [-0.05, 0) is 59.1 Å². The van der Waals surface area contributed by atoms with Crippen molar-refractivity contribution in [1.29, 1.82) is 0 Å². The minimum atomic E-state index is -0.138. The Labute approximate surface area is 123 Å². The molecule has 1 amide bonds. The number of carbonyl (C=O) groups is 1. The van der Waals surface area contributed by atoms with Gasteiger partial charge in [0.25, 0.3) is 5.91 Å². The first kappa shape index (κ1) is 13.6. The van der Waals surface area contributed by atoms with Gasteiger partial charge in [-0.1, -0.05) is 17.7 Å². The Bertz CT molecular complexity index is 590. The van der Waals surface area contributed by atoms with Gasteiger partial charge in [0, 0.05) is 0 Å². The highest BCUT2D eigenvalue weighted by Crippen LogP contribution is 2.29. The van der Waals surface area contributed by atoms with Crippen molar-refractivity contribution in [3.63, 3.8) is 0 Å². The zero-order valence-electron chi connectivity index (χ0n) is 9.88. The van der Waals surface area contributed by atoms with Crippen LogP contribution in [0.2, 0.25) is 5.02 Å². The summed E-state index contributed by atoms with van der Waals surface area (Å²) >= 11 is 10.9.